The first-order valence-electron chi connectivity index (χ1n) is 9.20. The Balaban J connectivity index is 1.56. The number of amides is 1. The van der Waals surface area contributed by atoms with Gasteiger partial charge < -0.3 is 10.1 Å². The molecule has 3 rings (SSSR count). The third-order valence-electron chi connectivity index (χ3n) is 4.36. The third-order valence-corrected chi connectivity index (χ3v) is 6.91. The molecule has 1 aliphatic carbocycles. The second-order valence-electron chi connectivity index (χ2n) is 6.66. The van der Waals surface area contributed by atoms with E-state index < -0.39 is 10.0 Å². The zero-order valence-electron chi connectivity index (χ0n) is 16.0. The second-order valence-corrected chi connectivity index (χ2v) is 9.45. The molecule has 0 bridgehead atoms. The van der Waals surface area contributed by atoms with Crippen molar-refractivity contribution >= 4 is 27.7 Å². The standard InChI is InChI=1S/C20H23FN2O4S2/c1-27-18-9-6-14(12-19(18)29(25,26)23-16-7-8-16)20(24)22-10-11-28-13-15-4-2-3-5-17(15)21/h2-6,9,12,16,23H,7-8,10-11,13H2,1H3,(H,22,24). The van der Waals surface area contributed by atoms with Crippen molar-refractivity contribution in [1.29, 1.82) is 0 Å². The Labute approximate surface area is 174 Å². The van der Waals surface area contributed by atoms with Gasteiger partial charge in [-0.1, -0.05) is 18.2 Å². The third kappa shape index (κ3) is 5.94. The first-order chi connectivity index (χ1) is 13.9. The van der Waals surface area contributed by atoms with E-state index in [1.807, 2.05) is 0 Å². The summed E-state index contributed by atoms with van der Waals surface area (Å²) in [7, 11) is -2.37. The molecule has 0 atom stereocenters. The van der Waals surface area contributed by atoms with Gasteiger partial charge in [0.25, 0.3) is 5.91 Å². The van der Waals surface area contributed by atoms with E-state index in [9.17, 15) is 17.6 Å². The summed E-state index contributed by atoms with van der Waals surface area (Å²) in [5.74, 6) is 0.693. The van der Waals surface area contributed by atoms with E-state index in [4.69, 9.17) is 4.74 Å². The quantitative estimate of drug-likeness (QED) is 0.557. The summed E-state index contributed by atoms with van der Waals surface area (Å²) >= 11 is 1.50. The highest BCUT2D eigenvalue weighted by Gasteiger charge is 2.30. The Morgan fingerprint density at radius 3 is 2.69 bits per heavy atom. The Morgan fingerprint density at radius 1 is 1.24 bits per heavy atom. The summed E-state index contributed by atoms with van der Waals surface area (Å²) in [6, 6.07) is 10.9. The van der Waals surface area contributed by atoms with Gasteiger partial charge in [-0.05, 0) is 42.7 Å². The molecule has 2 N–H and O–H groups in total. The number of hydrogen-bond acceptors (Lipinski definition) is 5. The highest BCUT2D eigenvalue weighted by atomic mass is 32.2. The van der Waals surface area contributed by atoms with Crippen molar-refractivity contribution in [2.24, 2.45) is 0 Å². The fourth-order valence-electron chi connectivity index (χ4n) is 2.65. The van der Waals surface area contributed by atoms with Crippen LogP contribution in [0.2, 0.25) is 0 Å². The lowest BCUT2D eigenvalue weighted by atomic mass is 10.2. The summed E-state index contributed by atoms with van der Waals surface area (Å²) in [5.41, 5.74) is 0.859. The number of thioether (sulfide) groups is 1. The number of ether oxygens (including phenoxy) is 1. The van der Waals surface area contributed by atoms with Crippen molar-refractivity contribution in [3.63, 3.8) is 0 Å². The maximum absolute atomic E-state index is 13.6. The zero-order valence-corrected chi connectivity index (χ0v) is 17.6. The van der Waals surface area contributed by atoms with Crippen molar-refractivity contribution < 1.29 is 22.3 Å². The Kier molecular flexibility index (Phi) is 7.15. The molecule has 0 aliphatic heterocycles. The van der Waals surface area contributed by atoms with Gasteiger partial charge in [-0.2, -0.15) is 11.8 Å². The number of methoxy groups -OCH3 is 1. The topological polar surface area (TPSA) is 84.5 Å². The lowest BCUT2D eigenvalue weighted by molar-refractivity contribution is 0.0956. The monoisotopic (exact) mass is 438 g/mol. The molecule has 0 spiro atoms. The molecule has 0 saturated heterocycles. The minimum Gasteiger partial charge on any atom is -0.495 e. The number of rotatable bonds is 10. The average Bonchev–Trinajstić information content (AvgIpc) is 3.51. The van der Waals surface area contributed by atoms with Crippen molar-refractivity contribution in [3.05, 3.63) is 59.4 Å². The van der Waals surface area contributed by atoms with Gasteiger partial charge >= 0.3 is 0 Å². The van der Waals surface area contributed by atoms with E-state index in [2.05, 4.69) is 10.0 Å². The maximum Gasteiger partial charge on any atom is 0.251 e. The van der Waals surface area contributed by atoms with Gasteiger partial charge in [0.2, 0.25) is 10.0 Å². The lowest BCUT2D eigenvalue weighted by Crippen LogP contribution is -2.28. The van der Waals surface area contributed by atoms with Crippen molar-refractivity contribution in [2.45, 2.75) is 29.5 Å². The van der Waals surface area contributed by atoms with Gasteiger partial charge in [0.15, 0.2) is 0 Å². The summed E-state index contributed by atoms with van der Waals surface area (Å²) in [6.07, 6.45) is 1.62. The molecule has 29 heavy (non-hydrogen) atoms. The minimum absolute atomic E-state index is 0.0475. The molecular formula is C20H23FN2O4S2. The molecule has 1 fully saturated rings. The first-order valence-corrected chi connectivity index (χ1v) is 11.8. The molecule has 156 valence electrons. The lowest BCUT2D eigenvalue weighted by Gasteiger charge is -2.12. The molecule has 0 radical (unpaired) electrons. The van der Waals surface area contributed by atoms with Gasteiger partial charge in [0.1, 0.15) is 16.5 Å². The molecule has 2 aromatic carbocycles. The predicted octanol–water partition coefficient (Wildman–Crippen LogP) is 2.94. The molecular weight excluding hydrogens is 415 g/mol. The van der Waals surface area contributed by atoms with Crippen LogP contribution in [-0.4, -0.2) is 39.8 Å². The Morgan fingerprint density at radius 2 is 2.00 bits per heavy atom. The van der Waals surface area contributed by atoms with Gasteiger partial charge in [0, 0.05) is 29.7 Å². The molecule has 0 unspecified atom stereocenters. The SMILES string of the molecule is COc1ccc(C(=O)NCCSCc2ccccc2F)cc1S(=O)(=O)NC1CC1. The molecule has 0 aromatic heterocycles. The number of carbonyl (C=O) groups is 1. The maximum atomic E-state index is 13.6. The van der Waals surface area contributed by atoms with Crippen LogP contribution in [-0.2, 0) is 15.8 Å². The normalized spacial score (nSPS) is 13.9. The molecule has 0 heterocycles. The summed E-state index contributed by atoms with van der Waals surface area (Å²) < 4.78 is 46.4. The molecule has 1 aliphatic rings. The van der Waals surface area contributed by atoms with E-state index in [-0.39, 0.29) is 34.0 Å². The smallest absolute Gasteiger partial charge is 0.251 e. The highest BCUT2D eigenvalue weighted by Crippen LogP contribution is 2.28. The van der Waals surface area contributed by atoms with Crippen LogP contribution in [0.4, 0.5) is 4.39 Å². The van der Waals surface area contributed by atoms with Crippen LogP contribution in [0, 0.1) is 5.82 Å². The van der Waals surface area contributed by atoms with Gasteiger partial charge in [0.05, 0.1) is 7.11 Å². The van der Waals surface area contributed by atoms with Crippen LogP contribution < -0.4 is 14.8 Å². The van der Waals surface area contributed by atoms with Crippen LogP contribution >= 0.6 is 11.8 Å². The summed E-state index contributed by atoms with van der Waals surface area (Å²) in [5, 5.41) is 2.76. The van der Waals surface area contributed by atoms with Gasteiger partial charge in [-0.25, -0.2) is 17.5 Å². The highest BCUT2D eigenvalue weighted by molar-refractivity contribution is 7.98. The molecule has 1 saturated carbocycles. The van der Waals surface area contributed by atoms with Gasteiger partial charge in [-0.15, -0.1) is 0 Å². The average molecular weight is 439 g/mol. The fraction of sp³-hybridized carbons (Fsp3) is 0.350. The molecule has 2 aromatic rings. The molecule has 1 amide bonds. The fourth-order valence-corrected chi connectivity index (χ4v) is 4.99. The number of halogens is 1. The van der Waals surface area contributed by atoms with E-state index >= 15 is 0 Å². The van der Waals surface area contributed by atoms with Crippen LogP contribution in [0.5, 0.6) is 5.75 Å². The van der Waals surface area contributed by atoms with Crippen LogP contribution in [0.1, 0.15) is 28.8 Å². The molecule has 9 heteroatoms. The summed E-state index contributed by atoms with van der Waals surface area (Å²) in [6.45, 7) is 0.381. The van der Waals surface area contributed by atoms with Crippen LogP contribution in [0.15, 0.2) is 47.4 Å². The predicted molar refractivity (Wildman–Crippen MR) is 111 cm³/mol. The van der Waals surface area contributed by atoms with Crippen LogP contribution in [0.3, 0.4) is 0 Å². The largest absolute Gasteiger partial charge is 0.495 e. The van der Waals surface area contributed by atoms with Crippen molar-refractivity contribution in [1.82, 2.24) is 10.0 Å². The van der Waals surface area contributed by atoms with Gasteiger partial charge in [-0.3, -0.25) is 4.79 Å². The number of nitrogens with one attached hydrogen (secondary N) is 2. The summed E-state index contributed by atoms with van der Waals surface area (Å²) in [4.78, 5) is 12.4. The first kappa shape index (κ1) is 21.6. The minimum atomic E-state index is -3.75. The van der Waals surface area contributed by atoms with Crippen molar-refractivity contribution in [2.75, 3.05) is 19.4 Å². The Bertz CT molecular complexity index is 978. The number of sulfonamides is 1. The Hall–Kier alpha value is -2.10. The van der Waals surface area contributed by atoms with E-state index in [1.54, 1.807) is 18.2 Å². The van der Waals surface area contributed by atoms with E-state index in [1.165, 1.54) is 43.1 Å². The molecule has 6 nitrogen and oxygen atoms in total. The van der Waals surface area contributed by atoms with Crippen molar-refractivity contribution in [3.8, 4) is 5.75 Å². The number of benzene rings is 2. The number of hydrogen-bond donors (Lipinski definition) is 2. The van der Waals surface area contributed by atoms with Crippen LogP contribution in [0.25, 0.3) is 0 Å². The second kappa shape index (κ2) is 9.60. The van der Waals surface area contributed by atoms with E-state index in [0.717, 1.165) is 12.8 Å². The van der Waals surface area contributed by atoms with E-state index in [0.29, 0.717) is 23.6 Å². The zero-order chi connectivity index (χ0) is 20.9. The number of carbonyl (C=O) groups excluding carboxylic acids is 1.